The third-order valence-electron chi connectivity index (χ3n) is 2.14. The van der Waals surface area contributed by atoms with Crippen LogP contribution in [0.1, 0.15) is 27.9 Å². The second-order valence-electron chi connectivity index (χ2n) is 3.35. The molecule has 0 spiro atoms. The lowest BCUT2D eigenvalue weighted by molar-refractivity contribution is -0.137. The van der Waals surface area contributed by atoms with Gasteiger partial charge in [-0.2, -0.15) is 13.2 Å². The van der Waals surface area contributed by atoms with Gasteiger partial charge in [0.1, 0.15) is 0 Å². The van der Waals surface area contributed by atoms with E-state index in [4.69, 9.17) is 10.8 Å². The second-order valence-corrected chi connectivity index (χ2v) is 3.35. The Bertz CT molecular complexity index is 416. The molecule has 0 saturated carbocycles. The van der Waals surface area contributed by atoms with Crippen molar-refractivity contribution in [2.75, 3.05) is 6.61 Å². The molecule has 0 fully saturated rings. The summed E-state index contributed by atoms with van der Waals surface area (Å²) in [4.78, 5) is 11.1. The minimum Gasteiger partial charge on any atom is -0.396 e. The average molecular weight is 246 g/mol. The van der Waals surface area contributed by atoms with Crippen LogP contribution in [0.4, 0.5) is 13.2 Å². The highest BCUT2D eigenvalue weighted by Crippen LogP contribution is 2.33. The number of hydrogen-bond donors (Lipinski definition) is 2. The fraction of sp³-hybridized carbons (Fsp3) is 0.273. The zero-order valence-electron chi connectivity index (χ0n) is 8.79. The van der Waals surface area contributed by atoms with Gasteiger partial charge in [-0.15, -0.1) is 0 Å². The Hall–Kier alpha value is -1.56. The summed E-state index contributed by atoms with van der Waals surface area (Å²) in [6.07, 6.45) is -3.13. The first-order valence-corrected chi connectivity index (χ1v) is 4.82. The zero-order valence-corrected chi connectivity index (χ0v) is 8.79. The molecule has 0 aliphatic rings. The summed E-state index contributed by atoms with van der Waals surface area (Å²) in [5, 5.41) is 8.62. The van der Waals surface area contributed by atoms with Crippen LogP contribution < -0.4 is 5.73 Å². The molecule has 0 aliphatic heterocycles. The number of hydrogen-bond acceptors (Lipinski definition) is 2. The molecule has 1 rings (SSSR count). The van der Waals surface area contributed by atoms with Crippen LogP contribution in [0.5, 0.6) is 0 Å². The number of carbonyl (C=O) groups excluding carboxylic acids is 1. The van der Waals surface area contributed by atoms with Crippen molar-refractivity contribution in [1.29, 1.82) is 0 Å². The number of aliphatic hydroxyl groups is 1. The topological polar surface area (TPSA) is 63.3 Å². The number of alkyl halides is 3. The van der Waals surface area contributed by atoms with Crippen molar-refractivity contribution in [1.82, 2.24) is 0 Å². The number of primary amides is 1. The van der Waals surface area contributed by atoms with Gasteiger partial charge in [0, 0.05) is 6.61 Å². The summed E-state index contributed by atoms with van der Waals surface area (Å²) in [5.74, 6) is -1.14. The van der Waals surface area contributed by atoms with Crippen LogP contribution in [-0.2, 0) is 6.18 Å². The number of rotatable bonds is 4. The molecule has 1 amide bonds. The monoisotopic (exact) mass is 246 g/mol. The minimum atomic E-state index is -4.63. The highest BCUT2D eigenvalue weighted by Gasteiger charge is 2.35. The molecule has 17 heavy (non-hydrogen) atoms. The van der Waals surface area contributed by atoms with E-state index < -0.39 is 23.2 Å². The molecule has 0 bridgehead atoms. The SMILES string of the molecule is NC(=O)c1c([CH]CCO)cccc1C(F)(F)F. The molecule has 3 N–H and O–H groups in total. The maximum Gasteiger partial charge on any atom is 0.417 e. The predicted octanol–water partition coefficient (Wildman–Crippen LogP) is 1.74. The molecular formula is C11H11F3NO2. The normalized spacial score (nSPS) is 11.5. The summed E-state index contributed by atoms with van der Waals surface area (Å²) in [6, 6.07) is 3.35. The van der Waals surface area contributed by atoms with Gasteiger partial charge in [-0.25, -0.2) is 0 Å². The smallest absolute Gasteiger partial charge is 0.396 e. The van der Waals surface area contributed by atoms with E-state index >= 15 is 0 Å². The number of aliphatic hydroxyl groups excluding tert-OH is 1. The van der Waals surface area contributed by atoms with E-state index in [1.807, 2.05) is 0 Å². The number of nitrogens with two attached hydrogens (primary N) is 1. The van der Waals surface area contributed by atoms with Crippen molar-refractivity contribution in [3.63, 3.8) is 0 Å². The molecule has 1 aromatic rings. The standard InChI is InChI=1S/C11H11F3NO2/c12-11(13,14)8-5-1-3-7(4-2-6-16)9(8)10(15)17/h1,3-5,16H,2,6H2,(H2,15,17). The molecule has 93 valence electrons. The molecule has 1 radical (unpaired) electrons. The van der Waals surface area contributed by atoms with E-state index in [1.165, 1.54) is 18.6 Å². The van der Waals surface area contributed by atoms with E-state index in [2.05, 4.69) is 0 Å². The third kappa shape index (κ3) is 3.20. The summed E-state index contributed by atoms with van der Waals surface area (Å²) >= 11 is 0. The van der Waals surface area contributed by atoms with Gasteiger partial charge >= 0.3 is 6.18 Å². The highest BCUT2D eigenvalue weighted by molar-refractivity contribution is 5.96. The molecule has 6 heteroatoms. The third-order valence-corrected chi connectivity index (χ3v) is 2.14. The second kappa shape index (κ2) is 5.18. The van der Waals surface area contributed by atoms with Gasteiger partial charge in [-0.1, -0.05) is 12.1 Å². The molecule has 0 aliphatic carbocycles. The molecule has 0 heterocycles. The molecule has 0 atom stereocenters. The lowest BCUT2D eigenvalue weighted by Crippen LogP contribution is -2.20. The van der Waals surface area contributed by atoms with Crippen LogP contribution in [0.25, 0.3) is 0 Å². The number of amides is 1. The van der Waals surface area contributed by atoms with Crippen LogP contribution in [-0.4, -0.2) is 17.6 Å². The molecule has 1 aromatic carbocycles. The lowest BCUT2D eigenvalue weighted by Gasteiger charge is -2.14. The van der Waals surface area contributed by atoms with E-state index in [-0.39, 0.29) is 18.6 Å². The Morgan fingerprint density at radius 3 is 2.53 bits per heavy atom. The Morgan fingerprint density at radius 1 is 1.41 bits per heavy atom. The van der Waals surface area contributed by atoms with Crippen molar-refractivity contribution in [3.05, 3.63) is 41.3 Å². The van der Waals surface area contributed by atoms with E-state index in [0.29, 0.717) is 0 Å². The van der Waals surface area contributed by atoms with Crippen molar-refractivity contribution in [2.45, 2.75) is 12.6 Å². The first kappa shape index (κ1) is 13.5. The maximum atomic E-state index is 12.6. The van der Waals surface area contributed by atoms with Crippen molar-refractivity contribution in [2.24, 2.45) is 5.73 Å². The number of halogens is 3. The fourth-order valence-electron chi connectivity index (χ4n) is 1.47. The maximum absolute atomic E-state index is 12.6. The van der Waals surface area contributed by atoms with Gasteiger partial charge in [0.2, 0.25) is 5.91 Å². The number of carbonyl (C=O) groups is 1. The van der Waals surface area contributed by atoms with Crippen molar-refractivity contribution in [3.8, 4) is 0 Å². The van der Waals surface area contributed by atoms with Gasteiger partial charge in [-0.3, -0.25) is 4.79 Å². The van der Waals surface area contributed by atoms with E-state index in [0.717, 1.165) is 6.07 Å². The van der Waals surface area contributed by atoms with Crippen molar-refractivity contribution >= 4 is 5.91 Å². The van der Waals surface area contributed by atoms with E-state index in [1.54, 1.807) is 0 Å². The van der Waals surface area contributed by atoms with Crippen LogP contribution in [0.3, 0.4) is 0 Å². The van der Waals surface area contributed by atoms with Gasteiger partial charge in [-0.05, 0) is 24.5 Å². The van der Waals surface area contributed by atoms with Gasteiger partial charge < -0.3 is 10.8 Å². The molecular weight excluding hydrogens is 235 g/mol. The predicted molar refractivity (Wildman–Crippen MR) is 55.1 cm³/mol. The van der Waals surface area contributed by atoms with E-state index in [9.17, 15) is 18.0 Å². The van der Waals surface area contributed by atoms with Crippen LogP contribution in [0.15, 0.2) is 18.2 Å². The molecule has 3 nitrogen and oxygen atoms in total. The lowest BCUT2D eigenvalue weighted by atomic mass is 9.97. The van der Waals surface area contributed by atoms with Crippen LogP contribution in [0.2, 0.25) is 0 Å². The summed E-state index contributed by atoms with van der Waals surface area (Å²) < 4.78 is 37.9. The Morgan fingerprint density at radius 2 is 2.06 bits per heavy atom. The van der Waals surface area contributed by atoms with Crippen LogP contribution in [0, 0.1) is 6.42 Å². The van der Waals surface area contributed by atoms with Crippen LogP contribution >= 0.6 is 0 Å². The first-order valence-electron chi connectivity index (χ1n) is 4.82. The summed E-state index contributed by atoms with van der Waals surface area (Å²) in [7, 11) is 0. The van der Waals surface area contributed by atoms with Gasteiger partial charge in [0.15, 0.2) is 0 Å². The summed E-state index contributed by atoms with van der Waals surface area (Å²) in [5.41, 5.74) is 3.43. The van der Waals surface area contributed by atoms with Crippen molar-refractivity contribution < 1.29 is 23.1 Å². The molecule has 0 aromatic heterocycles. The Balaban J connectivity index is 3.27. The van der Waals surface area contributed by atoms with Gasteiger partial charge in [0.25, 0.3) is 0 Å². The fourth-order valence-corrected chi connectivity index (χ4v) is 1.47. The first-order chi connectivity index (χ1) is 7.88. The number of benzene rings is 1. The largest absolute Gasteiger partial charge is 0.417 e. The highest BCUT2D eigenvalue weighted by atomic mass is 19.4. The Labute approximate surface area is 96.0 Å². The van der Waals surface area contributed by atoms with Gasteiger partial charge in [0.05, 0.1) is 11.1 Å². The quantitative estimate of drug-likeness (QED) is 0.849. The Kier molecular flexibility index (Phi) is 4.11. The molecule has 0 unspecified atom stereocenters. The zero-order chi connectivity index (χ0) is 13.1. The minimum absolute atomic E-state index is 0.0846. The summed E-state index contributed by atoms with van der Waals surface area (Å²) in [6.45, 7) is -0.214. The molecule has 0 saturated heterocycles. The average Bonchev–Trinajstić information content (AvgIpc) is 2.24.